The van der Waals surface area contributed by atoms with Crippen LogP contribution in [-0.2, 0) is 23.8 Å². The normalized spacial score (nSPS) is 10.1. The van der Waals surface area contributed by atoms with Gasteiger partial charge in [-0.3, -0.25) is 9.59 Å². The molecule has 0 unspecified atom stereocenters. The second-order valence-electron chi connectivity index (χ2n) is 3.78. The fourth-order valence-corrected chi connectivity index (χ4v) is 1.86. The van der Waals surface area contributed by atoms with Crippen LogP contribution in [0, 0.1) is 0 Å². The van der Waals surface area contributed by atoms with E-state index in [0.29, 0.717) is 10.0 Å². The fourth-order valence-electron chi connectivity index (χ4n) is 1.42. The molecule has 0 saturated carbocycles. The lowest BCUT2D eigenvalue weighted by Crippen LogP contribution is -2.16. The number of ether oxygens (including phenoxy) is 3. The van der Waals surface area contributed by atoms with Crippen molar-refractivity contribution in [2.45, 2.75) is 20.1 Å². The number of halogens is 1. The van der Waals surface area contributed by atoms with Crippen LogP contribution in [0.3, 0.4) is 0 Å². The molecule has 0 aliphatic carbocycles. The molecule has 0 saturated heterocycles. The molecule has 0 bridgehead atoms. The monoisotopic (exact) mass is 344 g/mol. The summed E-state index contributed by atoms with van der Waals surface area (Å²) >= 11 is 3.25. The third kappa shape index (κ3) is 4.34. The molecule has 0 aliphatic heterocycles. The average molecular weight is 345 g/mol. The average Bonchev–Trinajstić information content (AvgIpc) is 2.36. The van der Waals surface area contributed by atoms with Crippen LogP contribution < -0.4 is 0 Å². The topological polar surface area (TPSA) is 78.9 Å². The maximum Gasteiger partial charge on any atom is 0.337 e. The van der Waals surface area contributed by atoms with Crippen molar-refractivity contribution in [3.8, 4) is 0 Å². The SMILES string of the molecule is COC(=O)c1ccc(Br)c(C(OC(C)=O)OC(C)=O)c1. The van der Waals surface area contributed by atoms with Crippen molar-refractivity contribution >= 4 is 33.8 Å². The first-order valence-corrected chi connectivity index (χ1v) is 6.36. The summed E-state index contributed by atoms with van der Waals surface area (Å²) in [4.78, 5) is 33.6. The van der Waals surface area contributed by atoms with E-state index in [-0.39, 0.29) is 5.56 Å². The van der Waals surface area contributed by atoms with Crippen molar-refractivity contribution in [1.29, 1.82) is 0 Å². The summed E-state index contributed by atoms with van der Waals surface area (Å²) in [6, 6.07) is 4.52. The molecule has 7 heteroatoms. The van der Waals surface area contributed by atoms with Gasteiger partial charge in [-0.2, -0.15) is 0 Å². The van der Waals surface area contributed by atoms with Crippen LogP contribution in [0.1, 0.15) is 36.1 Å². The number of rotatable bonds is 4. The van der Waals surface area contributed by atoms with Gasteiger partial charge in [0.1, 0.15) is 0 Å². The lowest BCUT2D eigenvalue weighted by molar-refractivity contribution is -0.186. The van der Waals surface area contributed by atoms with Crippen LogP contribution >= 0.6 is 15.9 Å². The molecule has 0 heterocycles. The zero-order valence-electron chi connectivity index (χ0n) is 11.1. The predicted molar refractivity (Wildman–Crippen MR) is 71.8 cm³/mol. The maximum atomic E-state index is 11.5. The number of carbonyl (C=O) groups is 3. The zero-order chi connectivity index (χ0) is 15.3. The van der Waals surface area contributed by atoms with Gasteiger partial charge in [0.25, 0.3) is 6.29 Å². The van der Waals surface area contributed by atoms with Gasteiger partial charge in [-0.1, -0.05) is 15.9 Å². The van der Waals surface area contributed by atoms with Crippen molar-refractivity contribution in [3.05, 3.63) is 33.8 Å². The quantitative estimate of drug-likeness (QED) is 0.616. The molecular formula is C13H13BrO6. The van der Waals surface area contributed by atoms with E-state index in [1.807, 2.05) is 0 Å². The Bertz CT molecular complexity index is 524. The Kier molecular flexibility index (Phi) is 5.69. The van der Waals surface area contributed by atoms with Crippen LogP contribution in [0.5, 0.6) is 0 Å². The Morgan fingerprint density at radius 1 is 1.10 bits per heavy atom. The smallest absolute Gasteiger partial charge is 0.337 e. The van der Waals surface area contributed by atoms with Gasteiger partial charge < -0.3 is 14.2 Å². The molecule has 20 heavy (non-hydrogen) atoms. The van der Waals surface area contributed by atoms with E-state index in [0.717, 1.165) is 0 Å². The first-order chi connectivity index (χ1) is 9.35. The lowest BCUT2D eigenvalue weighted by Gasteiger charge is -2.18. The number of carbonyl (C=O) groups excluding carboxylic acids is 3. The third-order valence-corrected chi connectivity index (χ3v) is 2.94. The zero-order valence-corrected chi connectivity index (χ0v) is 12.7. The highest BCUT2D eigenvalue weighted by atomic mass is 79.9. The van der Waals surface area contributed by atoms with Crippen molar-refractivity contribution < 1.29 is 28.6 Å². The largest absolute Gasteiger partial charge is 0.465 e. The third-order valence-electron chi connectivity index (χ3n) is 2.22. The van der Waals surface area contributed by atoms with Crippen molar-refractivity contribution in [2.75, 3.05) is 7.11 Å². The van der Waals surface area contributed by atoms with E-state index in [2.05, 4.69) is 20.7 Å². The van der Waals surface area contributed by atoms with Crippen molar-refractivity contribution in [2.24, 2.45) is 0 Å². The molecular weight excluding hydrogens is 332 g/mol. The molecule has 0 spiro atoms. The summed E-state index contributed by atoms with van der Waals surface area (Å²) in [6.07, 6.45) is -1.23. The van der Waals surface area contributed by atoms with E-state index in [4.69, 9.17) is 9.47 Å². The molecule has 0 amide bonds. The Labute approximate surface area is 124 Å². The van der Waals surface area contributed by atoms with Gasteiger partial charge in [0.15, 0.2) is 0 Å². The summed E-state index contributed by atoms with van der Waals surface area (Å²) in [5.74, 6) is -1.79. The number of methoxy groups -OCH3 is 1. The van der Waals surface area contributed by atoms with Gasteiger partial charge in [0.05, 0.1) is 12.7 Å². The Morgan fingerprint density at radius 2 is 1.65 bits per heavy atom. The van der Waals surface area contributed by atoms with Crippen LogP contribution in [0.2, 0.25) is 0 Å². The van der Waals surface area contributed by atoms with Crippen LogP contribution in [0.15, 0.2) is 22.7 Å². The van der Waals surface area contributed by atoms with E-state index in [1.54, 1.807) is 6.07 Å². The molecule has 1 rings (SSSR count). The molecule has 0 aromatic heterocycles. The van der Waals surface area contributed by atoms with Crippen molar-refractivity contribution in [1.82, 2.24) is 0 Å². The van der Waals surface area contributed by atoms with Crippen LogP contribution in [0.4, 0.5) is 0 Å². The summed E-state index contributed by atoms with van der Waals surface area (Å²) in [7, 11) is 1.25. The van der Waals surface area contributed by atoms with E-state index >= 15 is 0 Å². The summed E-state index contributed by atoms with van der Waals surface area (Å²) in [5, 5.41) is 0. The molecule has 6 nitrogen and oxygen atoms in total. The van der Waals surface area contributed by atoms with Gasteiger partial charge >= 0.3 is 17.9 Å². The minimum Gasteiger partial charge on any atom is -0.465 e. The highest BCUT2D eigenvalue weighted by Crippen LogP contribution is 2.28. The first kappa shape index (κ1) is 16.2. The van der Waals surface area contributed by atoms with Crippen LogP contribution in [0.25, 0.3) is 0 Å². The van der Waals surface area contributed by atoms with E-state index < -0.39 is 24.2 Å². The first-order valence-electron chi connectivity index (χ1n) is 5.57. The second kappa shape index (κ2) is 7.04. The lowest BCUT2D eigenvalue weighted by atomic mass is 10.1. The second-order valence-corrected chi connectivity index (χ2v) is 4.63. The van der Waals surface area contributed by atoms with Crippen LogP contribution in [-0.4, -0.2) is 25.0 Å². The number of hydrogen-bond acceptors (Lipinski definition) is 6. The molecule has 0 atom stereocenters. The number of benzene rings is 1. The van der Waals surface area contributed by atoms with Gasteiger partial charge in [0, 0.05) is 23.9 Å². The van der Waals surface area contributed by atoms with Gasteiger partial charge in [-0.15, -0.1) is 0 Å². The Hall–Kier alpha value is -1.89. The summed E-state index contributed by atoms with van der Waals surface area (Å²) in [5.41, 5.74) is 0.577. The van der Waals surface area contributed by atoms with E-state index in [9.17, 15) is 14.4 Å². The molecule has 0 fully saturated rings. The van der Waals surface area contributed by atoms with E-state index in [1.165, 1.54) is 33.1 Å². The molecule has 1 aromatic carbocycles. The summed E-state index contributed by atoms with van der Waals surface area (Å²) in [6.45, 7) is 2.38. The summed E-state index contributed by atoms with van der Waals surface area (Å²) < 4.78 is 15.0. The molecule has 0 N–H and O–H groups in total. The molecule has 1 aromatic rings. The predicted octanol–water partition coefficient (Wildman–Crippen LogP) is 2.36. The van der Waals surface area contributed by atoms with Crippen molar-refractivity contribution in [3.63, 3.8) is 0 Å². The number of hydrogen-bond donors (Lipinski definition) is 0. The molecule has 0 aliphatic rings. The maximum absolute atomic E-state index is 11.5. The molecule has 108 valence electrons. The standard InChI is InChI=1S/C13H13BrO6/c1-7(15)19-13(20-8(2)16)10-6-9(12(17)18-3)4-5-11(10)14/h4-6,13H,1-3H3. The Morgan fingerprint density at radius 3 is 2.10 bits per heavy atom. The van der Waals surface area contributed by atoms with Gasteiger partial charge in [0.2, 0.25) is 0 Å². The van der Waals surface area contributed by atoms with Gasteiger partial charge in [-0.05, 0) is 18.2 Å². The number of esters is 3. The highest BCUT2D eigenvalue weighted by Gasteiger charge is 2.22. The minimum atomic E-state index is -1.23. The Balaban J connectivity index is 3.19. The fraction of sp³-hybridized carbons (Fsp3) is 0.308. The minimum absolute atomic E-state index is 0.245. The highest BCUT2D eigenvalue weighted by molar-refractivity contribution is 9.10. The van der Waals surface area contributed by atoms with Gasteiger partial charge in [-0.25, -0.2) is 4.79 Å². The molecule has 0 radical (unpaired) electrons.